The third kappa shape index (κ3) is 2.13. The Bertz CT molecular complexity index is 406. The fraction of sp³-hybridized carbons (Fsp3) is 0.417. The standard InChI is InChI=1S/C12H14BrNO2/c1-7(13)12(16)14-11-9-5-3-2-4-8(9)6-10(11)15/h2-5,7,10-11,15H,6H2,1H3,(H,14,16)/t7?,10-,11+/m1/s1. The van der Waals surface area contributed by atoms with Crippen molar-refractivity contribution in [2.75, 3.05) is 0 Å². The van der Waals surface area contributed by atoms with Crippen LogP contribution in [-0.2, 0) is 11.2 Å². The maximum atomic E-state index is 11.6. The van der Waals surface area contributed by atoms with Gasteiger partial charge in [-0.05, 0) is 18.1 Å². The lowest BCUT2D eigenvalue weighted by Gasteiger charge is -2.18. The van der Waals surface area contributed by atoms with E-state index in [1.807, 2.05) is 24.3 Å². The molecule has 1 aliphatic carbocycles. The normalized spacial score (nSPS) is 24.9. The molecule has 86 valence electrons. The summed E-state index contributed by atoms with van der Waals surface area (Å²) in [5, 5.41) is 12.8. The Hall–Kier alpha value is -0.870. The lowest BCUT2D eigenvalue weighted by molar-refractivity contribution is -0.121. The molecule has 1 unspecified atom stereocenters. The minimum atomic E-state index is -0.521. The predicted octanol–water partition coefficient (Wildman–Crippen LogP) is 1.54. The fourth-order valence-corrected chi connectivity index (χ4v) is 2.15. The van der Waals surface area contributed by atoms with E-state index >= 15 is 0 Å². The van der Waals surface area contributed by atoms with Crippen LogP contribution in [-0.4, -0.2) is 21.9 Å². The van der Waals surface area contributed by atoms with Crippen LogP contribution < -0.4 is 5.32 Å². The van der Waals surface area contributed by atoms with Crippen LogP contribution in [0.15, 0.2) is 24.3 Å². The molecule has 0 saturated carbocycles. The predicted molar refractivity (Wildman–Crippen MR) is 65.4 cm³/mol. The molecule has 2 rings (SSSR count). The number of benzene rings is 1. The Labute approximate surface area is 103 Å². The number of halogens is 1. The van der Waals surface area contributed by atoms with Gasteiger partial charge >= 0.3 is 0 Å². The maximum Gasteiger partial charge on any atom is 0.234 e. The zero-order chi connectivity index (χ0) is 11.7. The summed E-state index contributed by atoms with van der Waals surface area (Å²) in [6.45, 7) is 1.77. The van der Waals surface area contributed by atoms with E-state index in [0.717, 1.165) is 11.1 Å². The van der Waals surface area contributed by atoms with Gasteiger partial charge in [0.05, 0.1) is 17.0 Å². The van der Waals surface area contributed by atoms with Gasteiger partial charge in [-0.2, -0.15) is 0 Å². The highest BCUT2D eigenvalue weighted by Crippen LogP contribution is 2.31. The number of aliphatic hydroxyl groups is 1. The van der Waals surface area contributed by atoms with Gasteiger partial charge in [0.15, 0.2) is 0 Å². The van der Waals surface area contributed by atoms with Crippen molar-refractivity contribution < 1.29 is 9.90 Å². The monoisotopic (exact) mass is 283 g/mol. The molecular weight excluding hydrogens is 270 g/mol. The quantitative estimate of drug-likeness (QED) is 0.809. The Morgan fingerprint density at radius 3 is 2.94 bits per heavy atom. The number of nitrogens with one attached hydrogen (secondary N) is 1. The SMILES string of the molecule is CC(Br)C(=O)N[C@H]1c2ccccc2C[C@H]1O. The number of aliphatic hydroxyl groups excluding tert-OH is 1. The van der Waals surface area contributed by atoms with E-state index < -0.39 is 6.10 Å². The van der Waals surface area contributed by atoms with Crippen molar-refractivity contribution in [2.24, 2.45) is 0 Å². The molecule has 2 N–H and O–H groups in total. The Kier molecular flexibility index (Phi) is 3.30. The van der Waals surface area contributed by atoms with Crippen molar-refractivity contribution in [1.29, 1.82) is 0 Å². The Morgan fingerprint density at radius 1 is 1.56 bits per heavy atom. The van der Waals surface area contributed by atoms with E-state index in [9.17, 15) is 9.90 Å². The van der Waals surface area contributed by atoms with Gasteiger partial charge in [-0.25, -0.2) is 0 Å². The minimum Gasteiger partial charge on any atom is -0.390 e. The molecule has 3 nitrogen and oxygen atoms in total. The van der Waals surface area contributed by atoms with Crippen LogP contribution in [0.5, 0.6) is 0 Å². The molecule has 0 heterocycles. The van der Waals surface area contributed by atoms with Crippen LogP contribution in [0.25, 0.3) is 0 Å². The van der Waals surface area contributed by atoms with Crippen molar-refractivity contribution in [1.82, 2.24) is 5.32 Å². The van der Waals surface area contributed by atoms with Gasteiger partial charge in [0.1, 0.15) is 0 Å². The summed E-state index contributed by atoms with van der Waals surface area (Å²) in [6, 6.07) is 7.54. The molecule has 0 saturated heterocycles. The highest BCUT2D eigenvalue weighted by molar-refractivity contribution is 9.10. The van der Waals surface area contributed by atoms with Crippen molar-refractivity contribution in [2.45, 2.75) is 30.3 Å². The van der Waals surface area contributed by atoms with Gasteiger partial charge in [-0.15, -0.1) is 0 Å². The second-order valence-electron chi connectivity index (χ2n) is 4.07. The number of rotatable bonds is 2. The van der Waals surface area contributed by atoms with Crippen LogP contribution in [0.3, 0.4) is 0 Å². The number of hydrogen-bond acceptors (Lipinski definition) is 2. The smallest absolute Gasteiger partial charge is 0.234 e. The summed E-state index contributed by atoms with van der Waals surface area (Å²) >= 11 is 3.21. The molecule has 16 heavy (non-hydrogen) atoms. The van der Waals surface area contributed by atoms with Crippen LogP contribution in [0.1, 0.15) is 24.1 Å². The highest BCUT2D eigenvalue weighted by Gasteiger charge is 2.32. The van der Waals surface area contributed by atoms with Crippen molar-refractivity contribution in [3.05, 3.63) is 35.4 Å². The van der Waals surface area contributed by atoms with Gasteiger partial charge in [-0.3, -0.25) is 4.79 Å². The topological polar surface area (TPSA) is 49.3 Å². The highest BCUT2D eigenvalue weighted by atomic mass is 79.9. The van der Waals surface area contributed by atoms with E-state index in [4.69, 9.17) is 0 Å². The summed E-state index contributed by atoms with van der Waals surface area (Å²) in [5.74, 6) is -0.0965. The zero-order valence-electron chi connectivity index (χ0n) is 8.98. The van der Waals surface area contributed by atoms with Gasteiger partial charge in [0, 0.05) is 6.42 Å². The first kappa shape index (κ1) is 11.6. The first-order valence-electron chi connectivity index (χ1n) is 5.30. The Morgan fingerprint density at radius 2 is 2.25 bits per heavy atom. The van der Waals surface area contributed by atoms with Gasteiger partial charge < -0.3 is 10.4 Å². The molecule has 0 radical (unpaired) electrons. The molecule has 0 aliphatic heterocycles. The summed E-state index contributed by atoms with van der Waals surface area (Å²) in [5.41, 5.74) is 2.14. The summed E-state index contributed by atoms with van der Waals surface area (Å²) in [7, 11) is 0. The zero-order valence-corrected chi connectivity index (χ0v) is 10.6. The molecule has 4 heteroatoms. The first-order valence-corrected chi connectivity index (χ1v) is 6.21. The average molecular weight is 284 g/mol. The number of hydrogen-bond donors (Lipinski definition) is 2. The molecule has 0 spiro atoms. The van der Waals surface area contributed by atoms with E-state index in [-0.39, 0.29) is 16.8 Å². The Balaban J connectivity index is 2.19. The van der Waals surface area contributed by atoms with E-state index in [1.165, 1.54) is 0 Å². The minimum absolute atomic E-state index is 0.0965. The lowest BCUT2D eigenvalue weighted by Crippen LogP contribution is -2.37. The van der Waals surface area contributed by atoms with Gasteiger partial charge in [0.25, 0.3) is 0 Å². The largest absolute Gasteiger partial charge is 0.390 e. The van der Waals surface area contributed by atoms with E-state index in [2.05, 4.69) is 21.2 Å². The first-order chi connectivity index (χ1) is 7.59. The number of fused-ring (bicyclic) bond motifs is 1. The second-order valence-corrected chi connectivity index (χ2v) is 5.45. The number of carbonyl (C=O) groups excluding carboxylic acids is 1. The number of carbonyl (C=O) groups is 1. The molecular formula is C12H14BrNO2. The van der Waals surface area contributed by atoms with Crippen molar-refractivity contribution in [3.8, 4) is 0 Å². The molecule has 0 bridgehead atoms. The lowest BCUT2D eigenvalue weighted by atomic mass is 10.1. The van der Waals surface area contributed by atoms with E-state index in [1.54, 1.807) is 6.92 Å². The summed E-state index contributed by atoms with van der Waals surface area (Å²) < 4.78 is 0. The molecule has 1 aliphatic rings. The van der Waals surface area contributed by atoms with Crippen molar-refractivity contribution >= 4 is 21.8 Å². The van der Waals surface area contributed by atoms with Crippen LogP contribution >= 0.6 is 15.9 Å². The number of alkyl halides is 1. The maximum absolute atomic E-state index is 11.6. The van der Waals surface area contributed by atoms with Gasteiger partial charge in [0.2, 0.25) is 5.91 Å². The average Bonchev–Trinajstić information content (AvgIpc) is 2.55. The number of amides is 1. The second kappa shape index (κ2) is 4.55. The summed E-state index contributed by atoms with van der Waals surface area (Å²) in [4.78, 5) is 11.3. The van der Waals surface area contributed by atoms with Gasteiger partial charge in [-0.1, -0.05) is 40.2 Å². The van der Waals surface area contributed by atoms with Crippen LogP contribution in [0.2, 0.25) is 0 Å². The fourth-order valence-electron chi connectivity index (χ4n) is 2.02. The third-order valence-corrected chi connectivity index (χ3v) is 3.28. The molecule has 0 aromatic heterocycles. The van der Waals surface area contributed by atoms with Crippen LogP contribution in [0, 0.1) is 0 Å². The molecule has 1 amide bonds. The molecule has 1 aromatic rings. The summed E-state index contributed by atoms with van der Waals surface area (Å²) in [6.07, 6.45) is 0.0882. The molecule has 1 aromatic carbocycles. The molecule has 3 atom stereocenters. The van der Waals surface area contributed by atoms with E-state index in [0.29, 0.717) is 6.42 Å². The molecule has 0 fully saturated rings. The van der Waals surface area contributed by atoms with Crippen molar-refractivity contribution in [3.63, 3.8) is 0 Å². The van der Waals surface area contributed by atoms with Crippen LogP contribution in [0.4, 0.5) is 0 Å². The third-order valence-electron chi connectivity index (χ3n) is 2.86.